The van der Waals surface area contributed by atoms with Crippen molar-refractivity contribution in [2.75, 3.05) is 0 Å². The van der Waals surface area contributed by atoms with Crippen LogP contribution < -0.4 is 5.46 Å². The molecule has 1 aromatic rings. The molecule has 1 aliphatic heterocycles. The molecule has 112 valence electrons. The number of benzene rings is 1. The van der Waals surface area contributed by atoms with Gasteiger partial charge in [0, 0.05) is 5.56 Å². The monoisotopic (exact) mass is 297 g/mol. The second kappa shape index (κ2) is 4.75. The van der Waals surface area contributed by atoms with E-state index in [0.717, 1.165) is 18.2 Å². The first-order valence-electron chi connectivity index (χ1n) is 6.44. The average Bonchev–Trinajstić information content (AvgIpc) is 2.58. The Morgan fingerprint density at radius 1 is 1.10 bits per heavy atom. The first kappa shape index (κ1) is 15.9. The Balaban J connectivity index is 2.42. The molecule has 0 radical (unpaired) electrons. The molecule has 3 nitrogen and oxygen atoms in total. The van der Waals surface area contributed by atoms with E-state index < -0.39 is 35.6 Å². The van der Waals surface area contributed by atoms with Crippen molar-refractivity contribution in [1.82, 2.24) is 0 Å². The van der Waals surface area contributed by atoms with E-state index >= 15 is 0 Å². The van der Waals surface area contributed by atoms with E-state index in [4.69, 9.17) is 14.6 Å². The maximum absolute atomic E-state index is 13.6. The van der Waals surface area contributed by atoms with Crippen molar-refractivity contribution in [3.63, 3.8) is 0 Å². The zero-order valence-electron chi connectivity index (χ0n) is 12.2. The van der Waals surface area contributed by atoms with Crippen LogP contribution in [0.4, 0.5) is 13.2 Å². The van der Waals surface area contributed by atoms with Gasteiger partial charge in [0.25, 0.3) is 0 Å². The van der Waals surface area contributed by atoms with E-state index in [1.54, 1.807) is 27.7 Å². The fraction of sp³-hybridized carbons (Fsp3) is 0.500. The predicted octanol–water partition coefficient (Wildman–Crippen LogP) is 2.74. The van der Waals surface area contributed by atoms with Crippen LogP contribution in [0.3, 0.4) is 0 Å². The Morgan fingerprint density at radius 3 is 2.10 bits per heavy atom. The lowest BCUT2D eigenvalue weighted by atomic mass is 9.78. The summed E-state index contributed by atoms with van der Waals surface area (Å²) in [5, 5.41) is 8.48. The van der Waals surface area contributed by atoms with Crippen LogP contribution >= 0.6 is 0 Å². The molecule has 0 amide bonds. The molecule has 7 heteroatoms. The molecule has 0 unspecified atom stereocenters. The maximum Gasteiger partial charge on any atom is 0.494 e. The lowest BCUT2D eigenvalue weighted by Crippen LogP contribution is -2.41. The van der Waals surface area contributed by atoms with Crippen molar-refractivity contribution in [3.05, 3.63) is 29.6 Å². The van der Waals surface area contributed by atoms with Gasteiger partial charge in [-0.1, -0.05) is 6.07 Å². The highest BCUT2D eigenvalue weighted by molar-refractivity contribution is 6.62. The lowest BCUT2D eigenvalue weighted by molar-refractivity contribution is 0.00578. The SMILES string of the molecule is CC1(C)OB(c2cc(F)cc(C(F)(F)C#N)c2)OC1(C)C. The van der Waals surface area contributed by atoms with Gasteiger partial charge in [-0.3, -0.25) is 0 Å². The van der Waals surface area contributed by atoms with Gasteiger partial charge in [0.15, 0.2) is 0 Å². The summed E-state index contributed by atoms with van der Waals surface area (Å²) in [6, 6.07) is 3.60. The molecule has 0 aliphatic carbocycles. The van der Waals surface area contributed by atoms with E-state index in [1.807, 2.05) is 0 Å². The van der Waals surface area contributed by atoms with E-state index in [2.05, 4.69) is 0 Å². The molecule has 2 rings (SSSR count). The number of alkyl halides is 2. The minimum absolute atomic E-state index is 0.124. The smallest absolute Gasteiger partial charge is 0.399 e. The number of rotatable bonds is 2. The molecule has 1 aliphatic rings. The minimum Gasteiger partial charge on any atom is -0.399 e. The molecule has 0 N–H and O–H groups in total. The summed E-state index contributed by atoms with van der Waals surface area (Å²) in [6.45, 7) is 7.21. The molecular formula is C14H15BF3NO2. The van der Waals surface area contributed by atoms with Crippen molar-refractivity contribution in [1.29, 1.82) is 5.26 Å². The average molecular weight is 297 g/mol. The van der Waals surface area contributed by atoms with E-state index in [0.29, 0.717) is 6.07 Å². The molecule has 1 fully saturated rings. The third-order valence-corrected chi connectivity index (χ3v) is 3.95. The Kier molecular flexibility index (Phi) is 3.59. The number of nitriles is 1. The van der Waals surface area contributed by atoms with Gasteiger partial charge in [0.1, 0.15) is 11.9 Å². The maximum atomic E-state index is 13.6. The van der Waals surface area contributed by atoms with Crippen molar-refractivity contribution in [2.45, 2.75) is 44.8 Å². The van der Waals surface area contributed by atoms with Gasteiger partial charge in [-0.15, -0.1) is 0 Å². The summed E-state index contributed by atoms with van der Waals surface area (Å²) in [5.41, 5.74) is -1.92. The van der Waals surface area contributed by atoms with Crippen LogP contribution in [0.2, 0.25) is 0 Å². The number of hydrogen-bond acceptors (Lipinski definition) is 3. The highest BCUT2D eigenvalue weighted by Gasteiger charge is 2.52. The van der Waals surface area contributed by atoms with Gasteiger partial charge in [0.2, 0.25) is 0 Å². The normalized spacial score (nSPS) is 20.4. The van der Waals surface area contributed by atoms with E-state index in [1.165, 1.54) is 0 Å². The van der Waals surface area contributed by atoms with Gasteiger partial charge in [-0.05, 0) is 45.3 Å². The fourth-order valence-corrected chi connectivity index (χ4v) is 1.97. The fourth-order valence-electron chi connectivity index (χ4n) is 1.97. The number of nitrogens with zero attached hydrogens (tertiary/aromatic N) is 1. The zero-order valence-corrected chi connectivity index (χ0v) is 12.2. The summed E-state index contributed by atoms with van der Waals surface area (Å²) in [4.78, 5) is 0. The van der Waals surface area contributed by atoms with Crippen LogP contribution in [0.25, 0.3) is 0 Å². The summed E-state index contributed by atoms with van der Waals surface area (Å²) < 4.78 is 51.8. The third kappa shape index (κ3) is 2.78. The molecule has 0 bridgehead atoms. The quantitative estimate of drug-likeness (QED) is 0.788. The van der Waals surface area contributed by atoms with E-state index in [9.17, 15) is 13.2 Å². The largest absolute Gasteiger partial charge is 0.494 e. The van der Waals surface area contributed by atoms with Gasteiger partial charge >= 0.3 is 13.0 Å². The van der Waals surface area contributed by atoms with Gasteiger partial charge in [-0.25, -0.2) is 4.39 Å². The molecule has 0 atom stereocenters. The number of halogens is 3. The Bertz CT molecular complexity index is 595. The standard InChI is InChI=1S/C14H15BF3NO2/c1-12(2)13(3,4)21-15(20-12)10-5-9(6-11(16)7-10)14(17,18)8-19/h5-7H,1-4H3. The van der Waals surface area contributed by atoms with Crippen molar-refractivity contribution in [3.8, 4) is 6.07 Å². The highest BCUT2D eigenvalue weighted by Crippen LogP contribution is 2.37. The van der Waals surface area contributed by atoms with Crippen LogP contribution in [-0.2, 0) is 15.2 Å². The molecule has 0 saturated carbocycles. The molecule has 0 aromatic heterocycles. The predicted molar refractivity (Wildman–Crippen MR) is 71.6 cm³/mol. The summed E-state index contributed by atoms with van der Waals surface area (Å²) in [6.07, 6.45) is 0. The highest BCUT2D eigenvalue weighted by atomic mass is 19.3. The first-order valence-corrected chi connectivity index (χ1v) is 6.44. The van der Waals surface area contributed by atoms with Gasteiger partial charge in [-0.2, -0.15) is 14.0 Å². The molecule has 21 heavy (non-hydrogen) atoms. The topological polar surface area (TPSA) is 42.2 Å². The lowest BCUT2D eigenvalue weighted by Gasteiger charge is -2.32. The van der Waals surface area contributed by atoms with Crippen molar-refractivity contribution in [2.24, 2.45) is 0 Å². The zero-order chi connectivity index (χ0) is 16.1. The third-order valence-electron chi connectivity index (χ3n) is 3.95. The summed E-state index contributed by atoms with van der Waals surface area (Å²) in [5.74, 6) is -4.63. The van der Waals surface area contributed by atoms with E-state index in [-0.39, 0.29) is 5.46 Å². The summed E-state index contributed by atoms with van der Waals surface area (Å²) >= 11 is 0. The van der Waals surface area contributed by atoms with Crippen molar-refractivity contribution < 1.29 is 22.5 Å². The molecular weight excluding hydrogens is 282 g/mol. The second-order valence-electron chi connectivity index (χ2n) is 6.05. The first-order chi connectivity index (χ1) is 9.48. The Labute approximate surface area is 121 Å². The Hall–Kier alpha value is -1.52. The summed E-state index contributed by atoms with van der Waals surface area (Å²) in [7, 11) is -0.959. The van der Waals surface area contributed by atoms with Crippen LogP contribution in [0.5, 0.6) is 0 Å². The van der Waals surface area contributed by atoms with Gasteiger partial charge in [0.05, 0.1) is 11.2 Å². The molecule has 1 heterocycles. The molecule has 1 aromatic carbocycles. The van der Waals surface area contributed by atoms with Crippen LogP contribution in [0, 0.1) is 17.1 Å². The van der Waals surface area contributed by atoms with Crippen LogP contribution in [0.15, 0.2) is 18.2 Å². The number of hydrogen-bond donors (Lipinski definition) is 0. The minimum atomic E-state index is -3.76. The molecule has 1 saturated heterocycles. The van der Waals surface area contributed by atoms with Crippen molar-refractivity contribution >= 4 is 12.6 Å². The second-order valence-corrected chi connectivity index (χ2v) is 6.05. The molecule has 0 spiro atoms. The Morgan fingerprint density at radius 2 is 1.62 bits per heavy atom. The van der Waals surface area contributed by atoms with Gasteiger partial charge < -0.3 is 9.31 Å². The van der Waals surface area contributed by atoms with Crippen LogP contribution in [0.1, 0.15) is 33.3 Å². The van der Waals surface area contributed by atoms with Crippen LogP contribution in [-0.4, -0.2) is 18.3 Å².